The minimum Gasteiger partial charge on any atom is -0.448 e. The number of amides is 1. The summed E-state index contributed by atoms with van der Waals surface area (Å²) in [5, 5.41) is 0. The Hall–Kier alpha value is -2.80. The average Bonchev–Trinajstić information content (AvgIpc) is 3.16. The molecule has 0 bridgehead atoms. The summed E-state index contributed by atoms with van der Waals surface area (Å²) in [6.45, 7) is 8.76. The summed E-state index contributed by atoms with van der Waals surface area (Å²) in [5.74, 6) is 1.00. The van der Waals surface area contributed by atoms with Gasteiger partial charge in [0.2, 0.25) is 0 Å². The van der Waals surface area contributed by atoms with E-state index in [2.05, 4.69) is 24.0 Å². The zero-order valence-corrected chi connectivity index (χ0v) is 21.8. The van der Waals surface area contributed by atoms with Gasteiger partial charge in [0, 0.05) is 42.2 Å². The van der Waals surface area contributed by atoms with Gasteiger partial charge in [0.1, 0.15) is 0 Å². The van der Waals surface area contributed by atoms with Gasteiger partial charge in [-0.1, -0.05) is 0 Å². The van der Waals surface area contributed by atoms with Crippen molar-refractivity contribution in [2.24, 2.45) is 5.92 Å². The summed E-state index contributed by atoms with van der Waals surface area (Å²) in [7, 11) is 4.30. The van der Waals surface area contributed by atoms with E-state index in [9.17, 15) is 9.59 Å². The van der Waals surface area contributed by atoms with E-state index in [1.807, 2.05) is 39.8 Å². The third-order valence-electron chi connectivity index (χ3n) is 8.40. The van der Waals surface area contributed by atoms with Gasteiger partial charge in [-0.3, -0.25) is 9.59 Å². The maximum Gasteiger partial charge on any atom is 0.254 e. The number of hydrogen-bond donors (Lipinski definition) is 1. The molecule has 3 aliphatic rings. The molecule has 0 saturated heterocycles. The van der Waals surface area contributed by atoms with Crippen molar-refractivity contribution in [3.8, 4) is 11.5 Å². The Balaban J connectivity index is 1.38. The highest BCUT2D eigenvalue weighted by Crippen LogP contribution is 2.50. The number of carbonyl (C=O) groups is 1. The highest BCUT2D eigenvalue weighted by Gasteiger charge is 2.47. The molecule has 3 heterocycles. The second kappa shape index (κ2) is 8.70. The molecule has 188 valence electrons. The Bertz CT molecular complexity index is 1230. The summed E-state index contributed by atoms with van der Waals surface area (Å²) >= 11 is 0. The highest BCUT2D eigenvalue weighted by molar-refractivity contribution is 5.98. The van der Waals surface area contributed by atoms with E-state index in [4.69, 9.17) is 9.47 Å². The molecule has 35 heavy (non-hydrogen) atoms. The lowest BCUT2D eigenvalue weighted by Crippen LogP contribution is -2.46. The molecule has 1 aromatic heterocycles. The molecule has 0 radical (unpaired) electrons. The number of aromatic amines is 1. The van der Waals surface area contributed by atoms with Crippen molar-refractivity contribution in [2.45, 2.75) is 78.2 Å². The van der Waals surface area contributed by atoms with Crippen molar-refractivity contribution in [2.75, 3.05) is 20.6 Å². The van der Waals surface area contributed by atoms with Crippen molar-refractivity contribution in [3.63, 3.8) is 0 Å². The van der Waals surface area contributed by atoms with Gasteiger partial charge < -0.3 is 24.3 Å². The van der Waals surface area contributed by atoms with Crippen LogP contribution in [0.5, 0.6) is 11.5 Å². The predicted molar refractivity (Wildman–Crippen MR) is 135 cm³/mol. The first-order chi connectivity index (χ1) is 16.6. The molecular formula is C28H37N3O4. The first kappa shape index (κ1) is 23.9. The molecular weight excluding hydrogens is 442 g/mol. The van der Waals surface area contributed by atoms with Crippen molar-refractivity contribution in [1.82, 2.24) is 14.8 Å². The molecule has 1 N–H and O–H groups in total. The quantitative estimate of drug-likeness (QED) is 0.715. The smallest absolute Gasteiger partial charge is 0.254 e. The predicted octanol–water partition coefficient (Wildman–Crippen LogP) is 4.11. The fourth-order valence-corrected chi connectivity index (χ4v) is 6.19. The molecule has 2 aliphatic heterocycles. The molecule has 7 heteroatoms. The molecule has 5 rings (SSSR count). The van der Waals surface area contributed by atoms with Crippen LogP contribution in [0.2, 0.25) is 0 Å². The van der Waals surface area contributed by atoms with Crippen molar-refractivity contribution in [3.05, 3.63) is 56.0 Å². The minimum atomic E-state index is -0.705. The van der Waals surface area contributed by atoms with Gasteiger partial charge in [0.05, 0.1) is 6.54 Å². The lowest BCUT2D eigenvalue weighted by Gasteiger charge is -2.39. The van der Waals surface area contributed by atoms with Crippen LogP contribution in [-0.2, 0) is 13.0 Å². The van der Waals surface area contributed by atoms with E-state index in [0.717, 1.165) is 60.2 Å². The van der Waals surface area contributed by atoms with Gasteiger partial charge in [-0.2, -0.15) is 0 Å². The third-order valence-corrected chi connectivity index (χ3v) is 8.40. The molecule has 1 atom stereocenters. The van der Waals surface area contributed by atoms with Crippen LogP contribution in [0.1, 0.15) is 70.9 Å². The monoisotopic (exact) mass is 479 g/mol. The normalized spacial score (nSPS) is 25.8. The molecule has 1 amide bonds. The van der Waals surface area contributed by atoms with Gasteiger partial charge in [-0.05, 0) is 95.8 Å². The number of carbonyl (C=O) groups excluding carboxylic acids is 1. The van der Waals surface area contributed by atoms with Crippen molar-refractivity contribution in [1.29, 1.82) is 0 Å². The van der Waals surface area contributed by atoms with Crippen LogP contribution in [0.25, 0.3) is 0 Å². The Morgan fingerprint density at radius 2 is 1.80 bits per heavy atom. The zero-order valence-electron chi connectivity index (χ0n) is 21.8. The van der Waals surface area contributed by atoms with E-state index < -0.39 is 5.79 Å². The first-order valence-corrected chi connectivity index (χ1v) is 12.8. The Labute approximate surface area is 207 Å². The van der Waals surface area contributed by atoms with Crippen LogP contribution >= 0.6 is 0 Å². The Kier molecular flexibility index (Phi) is 5.94. The number of pyridine rings is 1. The summed E-state index contributed by atoms with van der Waals surface area (Å²) in [6, 6.07) is 4.43. The fourth-order valence-electron chi connectivity index (χ4n) is 6.19. The van der Waals surface area contributed by atoms with Gasteiger partial charge in [0.15, 0.2) is 11.5 Å². The van der Waals surface area contributed by atoms with Crippen molar-refractivity contribution >= 4 is 5.91 Å². The largest absolute Gasteiger partial charge is 0.448 e. The number of benzene rings is 1. The average molecular weight is 480 g/mol. The number of rotatable bonds is 4. The maximum absolute atomic E-state index is 13.5. The number of nitrogens with zero attached hydrogens (tertiary/aromatic N) is 2. The summed E-state index contributed by atoms with van der Waals surface area (Å²) in [6.07, 6.45) is 5.12. The van der Waals surface area contributed by atoms with E-state index >= 15 is 0 Å². The van der Waals surface area contributed by atoms with Gasteiger partial charge in [-0.25, -0.2) is 0 Å². The molecule has 1 unspecified atom stereocenters. The van der Waals surface area contributed by atoms with E-state index in [1.165, 1.54) is 0 Å². The van der Waals surface area contributed by atoms with Gasteiger partial charge in [0.25, 0.3) is 17.3 Å². The number of nitrogens with one attached hydrogen (secondary N) is 1. The second-order valence-corrected chi connectivity index (χ2v) is 11.0. The van der Waals surface area contributed by atoms with Crippen molar-refractivity contribution < 1.29 is 14.3 Å². The van der Waals surface area contributed by atoms with Crippen LogP contribution in [0.15, 0.2) is 16.9 Å². The molecule has 2 aromatic rings. The molecule has 1 aliphatic carbocycles. The molecule has 1 fully saturated rings. The van der Waals surface area contributed by atoms with E-state index in [1.54, 1.807) is 4.90 Å². The Morgan fingerprint density at radius 3 is 2.46 bits per heavy atom. The molecule has 1 saturated carbocycles. The highest BCUT2D eigenvalue weighted by atomic mass is 16.7. The number of aromatic nitrogens is 1. The third kappa shape index (κ3) is 4.14. The minimum absolute atomic E-state index is 0.0554. The summed E-state index contributed by atoms with van der Waals surface area (Å²) < 4.78 is 13.0. The zero-order chi connectivity index (χ0) is 25.1. The second-order valence-electron chi connectivity index (χ2n) is 11.0. The van der Waals surface area contributed by atoms with Crippen LogP contribution in [0.4, 0.5) is 0 Å². The van der Waals surface area contributed by atoms with E-state index in [-0.39, 0.29) is 11.5 Å². The van der Waals surface area contributed by atoms with Crippen LogP contribution in [0.3, 0.4) is 0 Å². The number of aryl methyl sites for hydroxylation is 2. The summed E-state index contributed by atoms with van der Waals surface area (Å²) in [5.41, 5.74) is 4.95. The number of H-pyrrole nitrogens is 1. The van der Waals surface area contributed by atoms with Gasteiger partial charge >= 0.3 is 0 Å². The van der Waals surface area contributed by atoms with E-state index in [0.29, 0.717) is 41.9 Å². The molecule has 1 aromatic carbocycles. The standard InChI is InChI=1S/C28H37N3O4/c1-16-13-17(2)29-26(32)23(16)15-31-12-11-21-18(3)25-24(14-22(21)27(31)33)34-28(4,35-25)19-7-9-20(10-8-19)30(5)6/h13-14,19-20H,7-12,15H2,1-6H3,(H,29,32). The molecule has 7 nitrogen and oxygen atoms in total. The number of hydrogen-bond acceptors (Lipinski definition) is 5. The SMILES string of the molecule is Cc1cc(C)c(CN2CCc3c(cc4c(c3C)OC(C)(C3CCC(N(C)C)CC3)O4)C2=O)c(=O)[nH]1. The maximum atomic E-state index is 13.5. The number of ether oxygens (including phenoxy) is 2. The fraction of sp³-hybridized carbons (Fsp3) is 0.571. The number of fused-ring (bicyclic) bond motifs is 2. The topological polar surface area (TPSA) is 74.9 Å². The lowest BCUT2D eigenvalue weighted by atomic mass is 9.81. The van der Waals surface area contributed by atoms with Gasteiger partial charge in [-0.15, -0.1) is 0 Å². The molecule has 0 spiro atoms. The van der Waals surface area contributed by atoms with Crippen LogP contribution in [-0.4, -0.2) is 53.2 Å². The lowest BCUT2D eigenvalue weighted by molar-refractivity contribution is -0.123. The summed E-state index contributed by atoms with van der Waals surface area (Å²) in [4.78, 5) is 33.0. The Morgan fingerprint density at radius 1 is 1.09 bits per heavy atom. The van der Waals surface area contributed by atoms with Crippen LogP contribution < -0.4 is 15.0 Å². The van der Waals surface area contributed by atoms with Crippen LogP contribution in [0, 0.1) is 26.7 Å². The first-order valence-electron chi connectivity index (χ1n) is 12.8.